The van der Waals surface area contributed by atoms with Gasteiger partial charge < -0.3 is 14.8 Å². The van der Waals surface area contributed by atoms with Gasteiger partial charge in [0, 0.05) is 12.2 Å². The first-order chi connectivity index (χ1) is 8.78. The van der Waals surface area contributed by atoms with Crippen molar-refractivity contribution in [2.75, 3.05) is 18.5 Å². The van der Waals surface area contributed by atoms with Gasteiger partial charge in [-0.3, -0.25) is 0 Å². The first-order valence-electron chi connectivity index (χ1n) is 6.27. The lowest BCUT2D eigenvalue weighted by Gasteiger charge is -2.13. The van der Waals surface area contributed by atoms with Crippen LogP contribution in [-0.2, 0) is 4.74 Å². The maximum absolute atomic E-state index is 8.41. The Morgan fingerprint density at radius 2 is 2.17 bits per heavy atom. The van der Waals surface area contributed by atoms with Crippen molar-refractivity contribution in [3.8, 4) is 11.8 Å². The number of ether oxygens (including phenoxy) is 2. The summed E-state index contributed by atoms with van der Waals surface area (Å²) in [5, 5.41) is 11.8. The normalized spacial score (nSPS) is 22.4. The third-order valence-electron chi connectivity index (χ3n) is 3.01. The Morgan fingerprint density at radius 3 is 2.78 bits per heavy atom. The van der Waals surface area contributed by atoms with Crippen molar-refractivity contribution in [1.82, 2.24) is 0 Å². The molecule has 0 spiro atoms. The minimum Gasteiger partial charge on any atom is -0.479 e. The molecule has 0 amide bonds. The van der Waals surface area contributed by atoms with Gasteiger partial charge in [-0.15, -0.1) is 0 Å². The summed E-state index contributed by atoms with van der Waals surface area (Å²) < 4.78 is 10.9. The zero-order valence-electron chi connectivity index (χ0n) is 10.6. The van der Waals surface area contributed by atoms with E-state index in [9.17, 15) is 0 Å². The average Bonchev–Trinajstić information content (AvgIpc) is 2.81. The lowest BCUT2D eigenvalue weighted by atomic mass is 10.2. The van der Waals surface area contributed by atoms with Crippen molar-refractivity contribution >= 4 is 5.69 Å². The molecule has 1 heterocycles. The van der Waals surface area contributed by atoms with E-state index >= 15 is 0 Å². The number of hydrogen-bond acceptors (Lipinski definition) is 4. The first kappa shape index (κ1) is 12.7. The summed E-state index contributed by atoms with van der Waals surface area (Å²) in [6, 6.07) is 9.56. The van der Waals surface area contributed by atoms with E-state index in [0.717, 1.165) is 25.1 Å². The van der Waals surface area contributed by atoms with E-state index < -0.39 is 0 Å². The van der Waals surface area contributed by atoms with E-state index in [1.54, 1.807) is 0 Å². The van der Waals surface area contributed by atoms with E-state index in [1.807, 2.05) is 30.3 Å². The van der Waals surface area contributed by atoms with Crippen LogP contribution in [0.25, 0.3) is 0 Å². The topological polar surface area (TPSA) is 54.3 Å². The number of nitriles is 1. The molecule has 1 saturated heterocycles. The van der Waals surface area contributed by atoms with Crippen LogP contribution >= 0.6 is 0 Å². The molecule has 1 aliphatic rings. The van der Waals surface area contributed by atoms with E-state index in [4.69, 9.17) is 14.7 Å². The Balaban J connectivity index is 1.78. The van der Waals surface area contributed by atoms with Crippen LogP contribution in [-0.4, -0.2) is 25.4 Å². The molecule has 1 fully saturated rings. The second-order valence-electron chi connectivity index (χ2n) is 4.50. The number of nitrogens with zero attached hydrogens (tertiary/aromatic N) is 1. The third-order valence-corrected chi connectivity index (χ3v) is 3.01. The summed E-state index contributed by atoms with van der Waals surface area (Å²) >= 11 is 0. The van der Waals surface area contributed by atoms with Crippen LogP contribution in [0.4, 0.5) is 5.69 Å². The quantitative estimate of drug-likeness (QED) is 0.867. The van der Waals surface area contributed by atoms with Crippen molar-refractivity contribution in [2.24, 2.45) is 0 Å². The van der Waals surface area contributed by atoms with Gasteiger partial charge in [0.1, 0.15) is 11.8 Å². The van der Waals surface area contributed by atoms with Crippen molar-refractivity contribution in [3.05, 3.63) is 24.3 Å². The summed E-state index contributed by atoms with van der Waals surface area (Å²) in [5.41, 5.74) is 1.04. The number of hydrogen-bond donors (Lipinski definition) is 1. The first-order valence-corrected chi connectivity index (χ1v) is 6.27. The Kier molecular flexibility index (Phi) is 4.43. The second-order valence-corrected chi connectivity index (χ2v) is 4.50. The molecule has 2 rings (SSSR count). The molecule has 0 saturated carbocycles. The number of benzene rings is 1. The summed E-state index contributed by atoms with van der Waals surface area (Å²) in [4.78, 5) is 0. The van der Waals surface area contributed by atoms with Crippen LogP contribution < -0.4 is 10.1 Å². The van der Waals surface area contributed by atoms with Crippen LogP contribution in [0.2, 0.25) is 0 Å². The van der Waals surface area contributed by atoms with E-state index in [0.29, 0.717) is 18.0 Å². The van der Waals surface area contributed by atoms with Crippen molar-refractivity contribution < 1.29 is 9.47 Å². The van der Waals surface area contributed by atoms with Crippen molar-refractivity contribution in [1.29, 1.82) is 5.26 Å². The van der Waals surface area contributed by atoms with Gasteiger partial charge >= 0.3 is 0 Å². The highest BCUT2D eigenvalue weighted by Crippen LogP contribution is 2.20. The molecule has 4 nitrogen and oxygen atoms in total. The molecule has 0 bridgehead atoms. The highest BCUT2D eigenvalue weighted by atomic mass is 16.5. The Hall–Kier alpha value is -1.73. The molecular formula is C14H18N2O2. The monoisotopic (exact) mass is 246 g/mol. The number of anilines is 1. The molecular weight excluding hydrogens is 228 g/mol. The zero-order chi connectivity index (χ0) is 12.8. The molecule has 0 aliphatic carbocycles. The lowest BCUT2D eigenvalue weighted by Crippen LogP contribution is -2.19. The SMILES string of the molecule is CC1CCC(CNc2ccc(OCC#N)cc2)O1. The van der Waals surface area contributed by atoms with Gasteiger partial charge in [0.25, 0.3) is 0 Å². The number of rotatable bonds is 5. The molecule has 2 unspecified atom stereocenters. The predicted molar refractivity (Wildman–Crippen MR) is 69.6 cm³/mol. The minimum absolute atomic E-state index is 0.0839. The van der Waals surface area contributed by atoms with Crippen molar-refractivity contribution in [3.63, 3.8) is 0 Å². The van der Waals surface area contributed by atoms with Gasteiger partial charge in [-0.25, -0.2) is 0 Å². The van der Waals surface area contributed by atoms with Crippen LogP contribution in [0.1, 0.15) is 19.8 Å². The highest BCUT2D eigenvalue weighted by molar-refractivity contribution is 5.46. The Bertz CT molecular complexity index is 411. The molecule has 1 N–H and O–H groups in total. The fourth-order valence-electron chi connectivity index (χ4n) is 2.05. The second kappa shape index (κ2) is 6.27. The smallest absolute Gasteiger partial charge is 0.174 e. The minimum atomic E-state index is 0.0839. The molecule has 96 valence electrons. The maximum Gasteiger partial charge on any atom is 0.174 e. The molecule has 0 aromatic heterocycles. The summed E-state index contributed by atoms with van der Waals surface area (Å²) in [6.45, 7) is 3.03. The van der Waals surface area contributed by atoms with E-state index in [2.05, 4.69) is 12.2 Å². The largest absolute Gasteiger partial charge is 0.479 e. The maximum atomic E-state index is 8.41. The van der Waals surface area contributed by atoms with E-state index in [-0.39, 0.29) is 6.61 Å². The standard InChI is InChI=1S/C14H18N2O2/c1-11-2-5-14(18-11)10-16-12-3-6-13(7-4-12)17-9-8-15/h3-4,6-7,11,14,16H,2,5,9-10H2,1H3. The van der Waals surface area contributed by atoms with Crippen LogP contribution in [0.15, 0.2) is 24.3 Å². The fourth-order valence-corrected chi connectivity index (χ4v) is 2.05. The molecule has 18 heavy (non-hydrogen) atoms. The third kappa shape index (κ3) is 3.64. The summed E-state index contributed by atoms with van der Waals surface area (Å²) in [7, 11) is 0. The van der Waals surface area contributed by atoms with Gasteiger partial charge in [0.05, 0.1) is 12.2 Å². The average molecular weight is 246 g/mol. The predicted octanol–water partition coefficient (Wildman–Crippen LogP) is 2.57. The lowest BCUT2D eigenvalue weighted by molar-refractivity contribution is 0.0637. The van der Waals surface area contributed by atoms with Gasteiger partial charge in [-0.1, -0.05) is 0 Å². The van der Waals surface area contributed by atoms with Gasteiger partial charge in [0.2, 0.25) is 0 Å². The Morgan fingerprint density at radius 1 is 1.39 bits per heavy atom. The molecule has 4 heteroatoms. The fraction of sp³-hybridized carbons (Fsp3) is 0.500. The summed E-state index contributed by atoms with van der Waals surface area (Å²) in [6.07, 6.45) is 2.97. The van der Waals surface area contributed by atoms with Crippen LogP contribution in [0, 0.1) is 11.3 Å². The molecule has 1 aromatic carbocycles. The van der Waals surface area contributed by atoms with Gasteiger partial charge in [-0.2, -0.15) is 5.26 Å². The van der Waals surface area contributed by atoms with Crippen LogP contribution in [0.5, 0.6) is 5.75 Å². The molecule has 2 atom stereocenters. The number of nitrogens with one attached hydrogen (secondary N) is 1. The zero-order valence-corrected chi connectivity index (χ0v) is 10.6. The van der Waals surface area contributed by atoms with Crippen molar-refractivity contribution in [2.45, 2.75) is 32.0 Å². The molecule has 1 aliphatic heterocycles. The Labute approximate surface area is 108 Å². The molecule has 0 radical (unpaired) electrons. The highest BCUT2D eigenvalue weighted by Gasteiger charge is 2.21. The van der Waals surface area contributed by atoms with Crippen LogP contribution in [0.3, 0.4) is 0 Å². The summed E-state index contributed by atoms with van der Waals surface area (Å²) in [5.74, 6) is 0.716. The van der Waals surface area contributed by atoms with Gasteiger partial charge in [-0.05, 0) is 44.0 Å². The van der Waals surface area contributed by atoms with Gasteiger partial charge in [0.15, 0.2) is 6.61 Å². The molecule has 1 aromatic rings. The van der Waals surface area contributed by atoms with E-state index in [1.165, 1.54) is 0 Å².